The first-order chi connectivity index (χ1) is 14.8. The number of carbonyl (C=O) groups is 2. The molecule has 3 fully saturated rings. The highest BCUT2D eigenvalue weighted by atomic mass is 16.2. The minimum Gasteiger partial charge on any atom is -0.353 e. The zero-order valence-electron chi connectivity index (χ0n) is 21.5. The number of nitrogens with one attached hydrogen (secondary N) is 1. The Balaban J connectivity index is 1.45. The van der Waals surface area contributed by atoms with Gasteiger partial charge in [-0.05, 0) is 85.5 Å². The third kappa shape index (κ3) is 4.05. The van der Waals surface area contributed by atoms with Crippen molar-refractivity contribution < 1.29 is 9.59 Å². The molecule has 4 aliphatic rings. The summed E-state index contributed by atoms with van der Waals surface area (Å²) >= 11 is 0. The van der Waals surface area contributed by atoms with Crippen molar-refractivity contribution in [1.82, 2.24) is 10.2 Å². The van der Waals surface area contributed by atoms with E-state index in [2.05, 4.69) is 52.9 Å². The smallest absolute Gasteiger partial charge is 0.246 e. The molecular formula is C28H46N2O2. The second kappa shape index (κ2) is 8.17. The summed E-state index contributed by atoms with van der Waals surface area (Å²) in [6.07, 6.45) is 12.9. The summed E-state index contributed by atoms with van der Waals surface area (Å²) in [5, 5.41) is 3.50. The Morgan fingerprint density at radius 2 is 1.88 bits per heavy atom. The van der Waals surface area contributed by atoms with E-state index in [1.54, 1.807) is 0 Å². The highest BCUT2D eigenvalue weighted by Gasteiger charge is 2.60. The molecule has 0 aromatic carbocycles. The van der Waals surface area contributed by atoms with Crippen LogP contribution in [-0.4, -0.2) is 35.8 Å². The van der Waals surface area contributed by atoms with Crippen LogP contribution >= 0.6 is 0 Å². The van der Waals surface area contributed by atoms with Gasteiger partial charge in [-0.2, -0.15) is 0 Å². The number of nitrogens with zero attached hydrogens (tertiary/aromatic N) is 1. The first kappa shape index (κ1) is 23.8. The van der Waals surface area contributed by atoms with Crippen LogP contribution in [0.4, 0.5) is 0 Å². The molecule has 0 saturated heterocycles. The maximum Gasteiger partial charge on any atom is 0.246 e. The molecule has 1 heterocycles. The van der Waals surface area contributed by atoms with E-state index >= 15 is 0 Å². The lowest BCUT2D eigenvalue weighted by Gasteiger charge is -2.60. The van der Waals surface area contributed by atoms with Crippen molar-refractivity contribution >= 4 is 11.8 Å². The minimum absolute atomic E-state index is 0.0939. The van der Waals surface area contributed by atoms with Gasteiger partial charge in [-0.1, -0.05) is 47.6 Å². The summed E-state index contributed by atoms with van der Waals surface area (Å²) in [6, 6.07) is 0.659. The van der Waals surface area contributed by atoms with E-state index in [4.69, 9.17) is 0 Å². The standard InChI is InChI=1S/C28H46N2O2/c1-18(17-26(2,3)4)16-24(31)29-22-10-9-20-19-8-11-23-28(6,15-13-25(32)30(23)7)21(19)12-14-27(20,22)5/h13,15,18-23H,8-12,14,16-17H2,1-7H3,(H,29,31)/t18?,19-,20-,21+,22?,23?,27-,28+/m0/s1. The molecule has 3 unspecified atom stereocenters. The van der Waals surface area contributed by atoms with Crippen LogP contribution in [0, 0.1) is 39.9 Å². The lowest BCUT2D eigenvalue weighted by atomic mass is 9.48. The van der Waals surface area contributed by atoms with Gasteiger partial charge in [0.1, 0.15) is 0 Å². The molecule has 1 aliphatic heterocycles. The van der Waals surface area contributed by atoms with Crippen LogP contribution in [0.2, 0.25) is 0 Å². The zero-order chi connectivity index (χ0) is 23.5. The highest BCUT2D eigenvalue weighted by Crippen LogP contribution is 2.63. The van der Waals surface area contributed by atoms with Crippen LogP contribution in [0.15, 0.2) is 12.2 Å². The molecule has 4 rings (SSSR count). The second-order valence-corrected chi connectivity index (χ2v) is 13.4. The maximum atomic E-state index is 12.9. The van der Waals surface area contributed by atoms with E-state index < -0.39 is 0 Å². The normalized spacial score (nSPS) is 42.2. The summed E-state index contributed by atoms with van der Waals surface area (Å²) in [4.78, 5) is 27.2. The molecule has 0 spiro atoms. The van der Waals surface area contributed by atoms with E-state index in [1.807, 2.05) is 18.0 Å². The van der Waals surface area contributed by atoms with Crippen molar-refractivity contribution in [2.75, 3.05) is 7.05 Å². The van der Waals surface area contributed by atoms with Gasteiger partial charge in [-0.25, -0.2) is 0 Å². The van der Waals surface area contributed by atoms with E-state index in [9.17, 15) is 9.59 Å². The molecule has 4 heteroatoms. The fourth-order valence-electron chi connectivity index (χ4n) is 8.66. The van der Waals surface area contributed by atoms with Crippen molar-refractivity contribution in [2.45, 2.75) is 105 Å². The Hall–Kier alpha value is -1.32. The van der Waals surface area contributed by atoms with E-state index in [0.717, 1.165) is 19.3 Å². The molecule has 180 valence electrons. The molecule has 0 radical (unpaired) electrons. The monoisotopic (exact) mass is 442 g/mol. The molecule has 8 atom stereocenters. The molecule has 32 heavy (non-hydrogen) atoms. The number of hydrogen-bond donors (Lipinski definition) is 1. The third-order valence-corrected chi connectivity index (χ3v) is 9.96. The quantitative estimate of drug-likeness (QED) is 0.618. The van der Waals surface area contributed by atoms with Crippen LogP contribution in [0.1, 0.15) is 92.9 Å². The van der Waals surface area contributed by atoms with Crippen molar-refractivity contribution in [3.8, 4) is 0 Å². The first-order valence-electron chi connectivity index (χ1n) is 13.1. The maximum absolute atomic E-state index is 12.9. The van der Waals surface area contributed by atoms with Crippen LogP contribution in [0.25, 0.3) is 0 Å². The average molecular weight is 443 g/mol. The number of amides is 2. The topological polar surface area (TPSA) is 49.4 Å². The fourth-order valence-corrected chi connectivity index (χ4v) is 8.66. The van der Waals surface area contributed by atoms with Crippen LogP contribution in [0.5, 0.6) is 0 Å². The lowest BCUT2D eigenvalue weighted by Crippen LogP contribution is -2.60. The molecule has 0 aromatic rings. The minimum atomic E-state index is 0.0939. The van der Waals surface area contributed by atoms with Gasteiger partial charge in [0.2, 0.25) is 11.8 Å². The third-order valence-electron chi connectivity index (χ3n) is 9.96. The lowest BCUT2D eigenvalue weighted by molar-refractivity contribution is -0.138. The van der Waals surface area contributed by atoms with E-state index in [-0.39, 0.29) is 28.1 Å². The number of hydrogen-bond acceptors (Lipinski definition) is 2. The van der Waals surface area contributed by atoms with Gasteiger partial charge in [0.05, 0.1) is 0 Å². The molecule has 3 aliphatic carbocycles. The summed E-state index contributed by atoms with van der Waals surface area (Å²) < 4.78 is 0. The van der Waals surface area contributed by atoms with Gasteiger partial charge in [0, 0.05) is 31.0 Å². The molecule has 0 aromatic heterocycles. The molecular weight excluding hydrogens is 396 g/mol. The van der Waals surface area contributed by atoms with Crippen molar-refractivity contribution in [1.29, 1.82) is 0 Å². The molecule has 1 N–H and O–H groups in total. The Kier molecular flexibility index (Phi) is 6.08. The van der Waals surface area contributed by atoms with Gasteiger partial charge < -0.3 is 10.2 Å². The Bertz CT molecular complexity index is 783. The van der Waals surface area contributed by atoms with E-state index in [0.29, 0.717) is 42.2 Å². The second-order valence-electron chi connectivity index (χ2n) is 13.4. The number of rotatable bonds is 4. The Labute approximate surface area is 196 Å². The van der Waals surface area contributed by atoms with Gasteiger partial charge in [0.15, 0.2) is 0 Å². The summed E-state index contributed by atoms with van der Waals surface area (Å²) in [7, 11) is 1.99. The molecule has 3 saturated carbocycles. The van der Waals surface area contributed by atoms with Crippen molar-refractivity contribution in [3.05, 3.63) is 12.2 Å². The van der Waals surface area contributed by atoms with Crippen LogP contribution < -0.4 is 5.32 Å². The average Bonchev–Trinajstić information content (AvgIpc) is 3.00. The first-order valence-corrected chi connectivity index (χ1v) is 13.1. The van der Waals surface area contributed by atoms with Gasteiger partial charge >= 0.3 is 0 Å². The molecule has 4 nitrogen and oxygen atoms in total. The Morgan fingerprint density at radius 1 is 1.16 bits per heavy atom. The predicted molar refractivity (Wildman–Crippen MR) is 130 cm³/mol. The van der Waals surface area contributed by atoms with Gasteiger partial charge in [-0.3, -0.25) is 9.59 Å². The fraction of sp³-hybridized carbons (Fsp3) is 0.857. The predicted octanol–water partition coefficient (Wildman–Crippen LogP) is 5.57. The van der Waals surface area contributed by atoms with E-state index in [1.165, 1.54) is 25.7 Å². The number of fused-ring (bicyclic) bond motifs is 5. The van der Waals surface area contributed by atoms with Crippen molar-refractivity contribution in [2.24, 2.45) is 39.9 Å². The number of carbonyl (C=O) groups excluding carboxylic acids is 2. The summed E-state index contributed by atoms with van der Waals surface area (Å²) in [5.74, 6) is 2.88. The number of likely N-dealkylation sites (N-methyl/N-ethyl adjacent to an activating group) is 1. The van der Waals surface area contributed by atoms with Crippen LogP contribution in [-0.2, 0) is 9.59 Å². The summed E-state index contributed by atoms with van der Waals surface area (Å²) in [6.45, 7) is 13.9. The zero-order valence-corrected chi connectivity index (χ0v) is 21.5. The highest BCUT2D eigenvalue weighted by molar-refractivity contribution is 5.89. The molecule has 0 bridgehead atoms. The van der Waals surface area contributed by atoms with Gasteiger partial charge in [0.25, 0.3) is 0 Å². The SMILES string of the molecule is CC(CC(=O)NC1CC[C@H]2[C@@H]3CCC4N(C)C(=O)C=C[C@]4(C)[C@@H]3CC[C@]12C)CC(C)(C)C. The Morgan fingerprint density at radius 3 is 2.56 bits per heavy atom. The molecule has 2 amide bonds. The summed E-state index contributed by atoms with van der Waals surface area (Å²) in [5.41, 5.74) is 0.577. The largest absolute Gasteiger partial charge is 0.353 e. The van der Waals surface area contributed by atoms with Crippen molar-refractivity contribution in [3.63, 3.8) is 0 Å². The van der Waals surface area contributed by atoms with Gasteiger partial charge in [-0.15, -0.1) is 0 Å². The van der Waals surface area contributed by atoms with Crippen LogP contribution in [0.3, 0.4) is 0 Å².